The number of aromatic nitrogens is 1. The first-order valence-electron chi connectivity index (χ1n) is 8.55. The molecule has 1 aromatic carbocycles. The molecule has 2 atom stereocenters. The molecule has 1 aliphatic rings. The highest BCUT2D eigenvalue weighted by Crippen LogP contribution is 2.25. The number of carboxylic acid groups (broad SMARTS) is 1. The highest BCUT2D eigenvalue weighted by atomic mass is 16.5. The maximum absolute atomic E-state index is 12.4. The van der Waals surface area contributed by atoms with E-state index in [4.69, 9.17) is 9.47 Å². The van der Waals surface area contributed by atoms with E-state index in [1.54, 1.807) is 24.5 Å². The van der Waals surface area contributed by atoms with E-state index in [0.29, 0.717) is 12.2 Å². The zero-order valence-electron chi connectivity index (χ0n) is 14.6. The zero-order chi connectivity index (χ0) is 19.1. The Hall–Kier alpha value is -3.19. The summed E-state index contributed by atoms with van der Waals surface area (Å²) in [6.45, 7) is 0.138. The number of pyridine rings is 1. The van der Waals surface area contributed by atoms with E-state index >= 15 is 0 Å². The Balaban J connectivity index is 1.50. The monoisotopic (exact) mass is 368 g/mol. The van der Waals surface area contributed by atoms with Gasteiger partial charge in [-0.15, -0.1) is 0 Å². The summed E-state index contributed by atoms with van der Waals surface area (Å²) < 4.78 is 11.1. The number of nitrogens with one attached hydrogen (secondary N) is 1. The third-order valence-electron chi connectivity index (χ3n) is 4.04. The van der Waals surface area contributed by atoms with Crippen LogP contribution in [0.4, 0.5) is 0 Å². The molecule has 7 heteroatoms. The number of carboxylic acids is 1. The van der Waals surface area contributed by atoms with Crippen molar-refractivity contribution in [1.82, 2.24) is 10.3 Å². The van der Waals surface area contributed by atoms with Crippen LogP contribution in [0.3, 0.4) is 0 Å². The number of aliphatic carboxylic acids is 1. The van der Waals surface area contributed by atoms with E-state index in [1.165, 1.54) is 0 Å². The molecule has 2 aromatic rings. The number of benzene rings is 1. The van der Waals surface area contributed by atoms with Crippen LogP contribution in [0.5, 0.6) is 0 Å². The number of hydrogen-bond donors (Lipinski definition) is 2. The van der Waals surface area contributed by atoms with Gasteiger partial charge in [-0.1, -0.05) is 30.3 Å². The number of ether oxygens (including phenoxy) is 2. The number of nitrogens with zero attached hydrogens (tertiary/aromatic N) is 1. The molecule has 0 fully saturated rings. The Morgan fingerprint density at radius 2 is 2.07 bits per heavy atom. The van der Waals surface area contributed by atoms with Crippen LogP contribution in [-0.2, 0) is 25.7 Å². The van der Waals surface area contributed by atoms with Crippen LogP contribution in [0.2, 0.25) is 0 Å². The van der Waals surface area contributed by atoms with Gasteiger partial charge < -0.3 is 19.9 Å². The van der Waals surface area contributed by atoms with Crippen molar-refractivity contribution < 1.29 is 24.2 Å². The largest absolute Gasteiger partial charge is 0.480 e. The molecule has 0 spiro atoms. The van der Waals surface area contributed by atoms with Crippen molar-refractivity contribution in [3.05, 3.63) is 72.1 Å². The maximum Gasteiger partial charge on any atom is 0.328 e. The molecule has 1 aliphatic heterocycles. The van der Waals surface area contributed by atoms with Gasteiger partial charge >= 0.3 is 5.97 Å². The van der Waals surface area contributed by atoms with E-state index < -0.39 is 24.0 Å². The standard InChI is InChI=1S/C20H20N2O5/c23-19(18-9-8-17(27-18)15-7-4-10-21-11-15)22-16(20(24)25)13-26-12-14-5-2-1-3-6-14/h1-8,10-11,16,18H,9,12-13H2,(H,22,23)(H,24,25). The van der Waals surface area contributed by atoms with Gasteiger partial charge in [-0.25, -0.2) is 4.79 Å². The fourth-order valence-corrected chi connectivity index (χ4v) is 2.63. The minimum absolute atomic E-state index is 0.133. The SMILES string of the molecule is O=C(O)C(COCc1ccccc1)NC(=O)C1CC=C(c2cccnc2)O1. The average Bonchev–Trinajstić information content (AvgIpc) is 3.19. The fraction of sp³-hybridized carbons (Fsp3) is 0.250. The van der Waals surface area contributed by atoms with Crippen LogP contribution in [0.15, 0.2) is 60.9 Å². The number of amides is 1. The summed E-state index contributed by atoms with van der Waals surface area (Å²) in [7, 11) is 0. The van der Waals surface area contributed by atoms with Crippen molar-refractivity contribution in [2.45, 2.75) is 25.2 Å². The summed E-state index contributed by atoms with van der Waals surface area (Å²) in [5.41, 5.74) is 1.70. The van der Waals surface area contributed by atoms with Gasteiger partial charge in [0.05, 0.1) is 13.2 Å². The summed E-state index contributed by atoms with van der Waals surface area (Å²) in [6.07, 6.45) is 4.69. The summed E-state index contributed by atoms with van der Waals surface area (Å²) in [4.78, 5) is 27.8. The third-order valence-corrected chi connectivity index (χ3v) is 4.04. The lowest BCUT2D eigenvalue weighted by Gasteiger charge is -2.18. The van der Waals surface area contributed by atoms with E-state index in [2.05, 4.69) is 10.3 Å². The Kier molecular flexibility index (Phi) is 6.17. The van der Waals surface area contributed by atoms with Gasteiger partial charge in [0.1, 0.15) is 5.76 Å². The average molecular weight is 368 g/mol. The first-order valence-corrected chi connectivity index (χ1v) is 8.55. The van der Waals surface area contributed by atoms with E-state index in [9.17, 15) is 14.7 Å². The van der Waals surface area contributed by atoms with Crippen molar-refractivity contribution in [2.75, 3.05) is 6.61 Å². The molecule has 0 saturated carbocycles. The molecule has 0 aliphatic carbocycles. The van der Waals surface area contributed by atoms with Crippen molar-refractivity contribution in [3.8, 4) is 0 Å². The summed E-state index contributed by atoms with van der Waals surface area (Å²) in [5.74, 6) is -1.08. The van der Waals surface area contributed by atoms with Gasteiger partial charge in [-0.2, -0.15) is 0 Å². The maximum atomic E-state index is 12.4. The summed E-state index contributed by atoms with van der Waals surface area (Å²) >= 11 is 0. The van der Waals surface area contributed by atoms with Crippen molar-refractivity contribution in [1.29, 1.82) is 0 Å². The minimum Gasteiger partial charge on any atom is -0.480 e. The lowest BCUT2D eigenvalue weighted by atomic mass is 10.2. The van der Waals surface area contributed by atoms with Gasteiger partial charge in [0.25, 0.3) is 5.91 Å². The molecule has 0 radical (unpaired) electrons. The molecule has 140 valence electrons. The van der Waals surface area contributed by atoms with Crippen LogP contribution in [0.1, 0.15) is 17.5 Å². The lowest BCUT2D eigenvalue weighted by Crippen LogP contribution is -2.47. The molecule has 2 unspecified atom stereocenters. The molecule has 1 aromatic heterocycles. The second kappa shape index (κ2) is 8.95. The van der Waals surface area contributed by atoms with Gasteiger partial charge in [-0.05, 0) is 23.8 Å². The molecular formula is C20H20N2O5. The zero-order valence-corrected chi connectivity index (χ0v) is 14.6. The van der Waals surface area contributed by atoms with Gasteiger partial charge in [0.2, 0.25) is 0 Å². The highest BCUT2D eigenvalue weighted by molar-refractivity contribution is 5.88. The molecule has 0 bridgehead atoms. The summed E-state index contributed by atoms with van der Waals surface area (Å²) in [6, 6.07) is 11.9. The van der Waals surface area contributed by atoms with Crippen LogP contribution in [0, 0.1) is 0 Å². The number of carbonyl (C=O) groups excluding carboxylic acids is 1. The minimum atomic E-state index is -1.16. The molecule has 7 nitrogen and oxygen atoms in total. The Morgan fingerprint density at radius 3 is 2.78 bits per heavy atom. The van der Waals surface area contributed by atoms with Crippen LogP contribution in [-0.4, -0.2) is 40.7 Å². The second-order valence-corrected chi connectivity index (χ2v) is 6.05. The predicted octanol–water partition coefficient (Wildman–Crippen LogP) is 2.00. The number of hydrogen-bond acceptors (Lipinski definition) is 5. The number of carbonyl (C=O) groups is 2. The fourth-order valence-electron chi connectivity index (χ4n) is 2.63. The first kappa shape index (κ1) is 18.6. The first-order chi connectivity index (χ1) is 13.1. The Morgan fingerprint density at radius 1 is 1.26 bits per heavy atom. The molecule has 1 amide bonds. The predicted molar refractivity (Wildman–Crippen MR) is 97.4 cm³/mol. The molecule has 2 N–H and O–H groups in total. The van der Waals surface area contributed by atoms with Gasteiger partial charge in [-0.3, -0.25) is 9.78 Å². The quantitative estimate of drug-likeness (QED) is 0.740. The topological polar surface area (TPSA) is 97.8 Å². The summed E-state index contributed by atoms with van der Waals surface area (Å²) in [5, 5.41) is 11.8. The molecule has 3 rings (SSSR count). The van der Waals surface area contributed by atoms with Crippen LogP contribution in [0.25, 0.3) is 5.76 Å². The van der Waals surface area contributed by atoms with E-state index in [-0.39, 0.29) is 13.2 Å². The smallest absolute Gasteiger partial charge is 0.328 e. The van der Waals surface area contributed by atoms with E-state index in [0.717, 1.165) is 11.1 Å². The Labute approximate surface area is 156 Å². The Bertz CT molecular complexity index is 808. The van der Waals surface area contributed by atoms with Gasteiger partial charge in [0.15, 0.2) is 12.1 Å². The lowest BCUT2D eigenvalue weighted by molar-refractivity contribution is -0.145. The van der Waals surface area contributed by atoms with Crippen molar-refractivity contribution in [2.24, 2.45) is 0 Å². The van der Waals surface area contributed by atoms with E-state index in [1.807, 2.05) is 36.4 Å². The van der Waals surface area contributed by atoms with Crippen LogP contribution < -0.4 is 5.32 Å². The highest BCUT2D eigenvalue weighted by Gasteiger charge is 2.30. The van der Waals surface area contributed by atoms with Crippen molar-refractivity contribution >= 4 is 17.6 Å². The molecule has 27 heavy (non-hydrogen) atoms. The van der Waals surface area contributed by atoms with Gasteiger partial charge in [0, 0.05) is 24.4 Å². The second-order valence-electron chi connectivity index (χ2n) is 6.05. The molecule has 2 heterocycles. The van der Waals surface area contributed by atoms with Crippen molar-refractivity contribution in [3.63, 3.8) is 0 Å². The molecular weight excluding hydrogens is 348 g/mol. The molecule has 0 saturated heterocycles. The third kappa shape index (κ3) is 5.15. The van der Waals surface area contributed by atoms with Crippen LogP contribution >= 0.6 is 0 Å². The number of rotatable bonds is 8. The normalized spacial score (nSPS) is 16.9.